The third-order valence-electron chi connectivity index (χ3n) is 6.34. The van der Waals surface area contributed by atoms with E-state index in [0.717, 1.165) is 31.7 Å². The molecule has 1 N–H and O–H groups in total. The lowest BCUT2D eigenvalue weighted by Gasteiger charge is -2.32. The maximum Gasteiger partial charge on any atom is 0.294 e. The first kappa shape index (κ1) is 26.3. The van der Waals surface area contributed by atoms with Gasteiger partial charge in [0.05, 0.1) is 32.6 Å². The topological polar surface area (TPSA) is 90.2 Å². The van der Waals surface area contributed by atoms with Crippen molar-refractivity contribution in [2.24, 2.45) is 0 Å². The van der Waals surface area contributed by atoms with E-state index in [1.807, 2.05) is 0 Å². The number of rotatable bonds is 9. The van der Waals surface area contributed by atoms with Gasteiger partial charge in [0.1, 0.15) is 11.9 Å². The third kappa shape index (κ3) is 5.51. The molecule has 0 saturated heterocycles. The van der Waals surface area contributed by atoms with E-state index in [-0.39, 0.29) is 22.5 Å². The molecule has 1 heterocycles. The van der Waals surface area contributed by atoms with Gasteiger partial charge in [-0.15, -0.1) is 0 Å². The van der Waals surface area contributed by atoms with E-state index in [9.17, 15) is 14.0 Å². The molecule has 1 aromatic heterocycles. The van der Waals surface area contributed by atoms with Crippen LogP contribution in [-0.4, -0.2) is 39.2 Å². The van der Waals surface area contributed by atoms with E-state index >= 15 is 0 Å². The summed E-state index contributed by atoms with van der Waals surface area (Å²) in [6, 6.07) is 8.84. The molecule has 4 rings (SSSR count). The van der Waals surface area contributed by atoms with Gasteiger partial charge in [0.2, 0.25) is 11.7 Å². The predicted octanol–water partition coefficient (Wildman–Crippen LogP) is 5.54. The van der Waals surface area contributed by atoms with Crippen LogP contribution in [0.25, 0.3) is 0 Å². The Morgan fingerprint density at radius 2 is 1.73 bits per heavy atom. The van der Waals surface area contributed by atoms with Crippen LogP contribution < -0.4 is 24.4 Å². The number of carbonyl (C=O) groups excluding carboxylic acids is 2. The number of ether oxygens (including phenoxy) is 3. The van der Waals surface area contributed by atoms with Crippen molar-refractivity contribution in [2.75, 3.05) is 26.2 Å². The molecule has 1 aliphatic carbocycles. The molecule has 0 spiro atoms. The Hall–Kier alpha value is -3.72. The first-order chi connectivity index (χ1) is 17.9. The van der Waals surface area contributed by atoms with Gasteiger partial charge < -0.3 is 23.9 Å². The van der Waals surface area contributed by atoms with E-state index in [0.29, 0.717) is 22.8 Å². The molecule has 3 aromatic rings. The van der Waals surface area contributed by atoms with Crippen LogP contribution in [0.4, 0.5) is 10.1 Å². The Balaban J connectivity index is 1.92. The molecule has 10 heteroatoms. The summed E-state index contributed by atoms with van der Waals surface area (Å²) in [6.45, 7) is 0. The van der Waals surface area contributed by atoms with Crippen molar-refractivity contribution < 1.29 is 32.6 Å². The Morgan fingerprint density at radius 3 is 2.27 bits per heavy atom. The second-order valence-corrected chi connectivity index (χ2v) is 9.01. The van der Waals surface area contributed by atoms with Gasteiger partial charge in [-0.2, -0.15) is 0 Å². The van der Waals surface area contributed by atoms with E-state index in [2.05, 4.69) is 5.32 Å². The van der Waals surface area contributed by atoms with Crippen LogP contribution >= 0.6 is 11.6 Å². The Labute approximate surface area is 219 Å². The molecule has 1 saturated carbocycles. The second kappa shape index (κ2) is 11.6. The fraction of sp³-hybridized carbons (Fsp3) is 0.333. The van der Waals surface area contributed by atoms with Crippen molar-refractivity contribution in [3.8, 4) is 17.2 Å². The van der Waals surface area contributed by atoms with Gasteiger partial charge >= 0.3 is 0 Å². The zero-order valence-corrected chi connectivity index (χ0v) is 21.5. The van der Waals surface area contributed by atoms with Crippen LogP contribution in [0.15, 0.2) is 53.1 Å². The lowest BCUT2D eigenvalue weighted by molar-refractivity contribution is -0.123. The highest BCUT2D eigenvalue weighted by molar-refractivity contribution is 6.31. The van der Waals surface area contributed by atoms with Crippen molar-refractivity contribution in [1.29, 1.82) is 0 Å². The number of benzene rings is 2. The molecular weight excluding hydrogens is 503 g/mol. The van der Waals surface area contributed by atoms with E-state index < -0.39 is 23.7 Å². The molecule has 0 aliphatic heterocycles. The monoisotopic (exact) mass is 530 g/mol. The van der Waals surface area contributed by atoms with Crippen LogP contribution in [-0.2, 0) is 4.79 Å². The molecule has 1 aliphatic rings. The number of furan rings is 1. The van der Waals surface area contributed by atoms with Gasteiger partial charge in [0, 0.05) is 11.7 Å². The molecule has 0 bridgehead atoms. The second-order valence-electron chi connectivity index (χ2n) is 8.60. The van der Waals surface area contributed by atoms with Crippen LogP contribution in [0.5, 0.6) is 17.2 Å². The first-order valence-corrected chi connectivity index (χ1v) is 12.2. The number of nitrogens with one attached hydrogen (secondary N) is 1. The number of halogens is 2. The molecular formula is C27H28ClFN2O6. The summed E-state index contributed by atoms with van der Waals surface area (Å²) in [7, 11) is 4.39. The quantitative estimate of drug-likeness (QED) is 0.390. The Kier molecular flexibility index (Phi) is 8.23. The smallest absolute Gasteiger partial charge is 0.294 e. The molecule has 2 amide bonds. The lowest BCUT2D eigenvalue weighted by Crippen LogP contribution is -2.46. The third-order valence-corrected chi connectivity index (χ3v) is 6.63. The molecule has 1 fully saturated rings. The Bertz CT molecular complexity index is 1230. The SMILES string of the molecule is COc1cc([C@H](C(=O)NC2CCCC2)N(C(=O)c2ccco2)c2ccc(F)c(Cl)c2)cc(OC)c1OC. The minimum absolute atomic E-state index is 0.00782. The summed E-state index contributed by atoms with van der Waals surface area (Å²) in [5.41, 5.74) is 0.582. The first-order valence-electron chi connectivity index (χ1n) is 11.8. The summed E-state index contributed by atoms with van der Waals surface area (Å²) in [6.07, 6.45) is 5.03. The normalized spacial score (nSPS) is 14.2. The highest BCUT2D eigenvalue weighted by Crippen LogP contribution is 2.42. The molecule has 196 valence electrons. The van der Waals surface area contributed by atoms with Gasteiger partial charge in [-0.3, -0.25) is 14.5 Å². The van der Waals surface area contributed by atoms with Gasteiger partial charge in [-0.05, 0) is 60.9 Å². The van der Waals surface area contributed by atoms with Crippen molar-refractivity contribution in [3.63, 3.8) is 0 Å². The standard InChI is InChI=1S/C27H28ClFN2O6/c1-34-22-13-16(14-23(35-2)25(22)36-3)24(26(32)30-17-7-4-5-8-17)31(27(33)21-9-6-12-37-21)18-10-11-20(29)19(28)15-18/h6,9-15,17,24H,4-5,7-8H2,1-3H3,(H,30,32)/t24-/m1/s1. The molecule has 0 unspecified atom stereocenters. The van der Waals surface area contributed by atoms with E-state index in [4.69, 9.17) is 30.2 Å². The van der Waals surface area contributed by atoms with Crippen LogP contribution in [0, 0.1) is 5.82 Å². The van der Waals surface area contributed by atoms with Gasteiger partial charge in [0.25, 0.3) is 5.91 Å². The molecule has 8 nitrogen and oxygen atoms in total. The van der Waals surface area contributed by atoms with Gasteiger partial charge in [0.15, 0.2) is 17.3 Å². The number of hydrogen-bond acceptors (Lipinski definition) is 6. The molecule has 37 heavy (non-hydrogen) atoms. The highest BCUT2D eigenvalue weighted by atomic mass is 35.5. The molecule has 0 radical (unpaired) electrons. The fourth-order valence-electron chi connectivity index (χ4n) is 4.56. The van der Waals surface area contributed by atoms with E-state index in [1.54, 1.807) is 18.2 Å². The van der Waals surface area contributed by atoms with Crippen molar-refractivity contribution in [1.82, 2.24) is 5.32 Å². The largest absolute Gasteiger partial charge is 0.493 e. The van der Waals surface area contributed by atoms with E-state index in [1.165, 1.54) is 50.7 Å². The van der Waals surface area contributed by atoms with Crippen LogP contribution in [0.1, 0.15) is 47.8 Å². The zero-order valence-electron chi connectivity index (χ0n) is 20.8. The Morgan fingerprint density at radius 1 is 1.05 bits per heavy atom. The number of nitrogens with zero attached hydrogens (tertiary/aromatic N) is 1. The minimum Gasteiger partial charge on any atom is -0.493 e. The highest BCUT2D eigenvalue weighted by Gasteiger charge is 2.37. The van der Waals surface area contributed by atoms with Crippen molar-refractivity contribution in [2.45, 2.75) is 37.8 Å². The zero-order chi connectivity index (χ0) is 26.5. The lowest BCUT2D eigenvalue weighted by atomic mass is 10.0. The number of methoxy groups -OCH3 is 3. The number of carbonyl (C=O) groups is 2. The predicted molar refractivity (Wildman–Crippen MR) is 136 cm³/mol. The summed E-state index contributed by atoms with van der Waals surface area (Å²) in [4.78, 5) is 29.0. The van der Waals surface area contributed by atoms with Crippen molar-refractivity contribution in [3.05, 3.63) is 70.9 Å². The van der Waals surface area contributed by atoms with Gasteiger partial charge in [-0.1, -0.05) is 24.4 Å². The maximum atomic E-state index is 14.1. The minimum atomic E-state index is -1.21. The molecule has 1 atom stereocenters. The average Bonchev–Trinajstić information content (AvgIpc) is 3.62. The number of amides is 2. The number of hydrogen-bond donors (Lipinski definition) is 1. The van der Waals surface area contributed by atoms with Crippen LogP contribution in [0.2, 0.25) is 5.02 Å². The van der Waals surface area contributed by atoms with Gasteiger partial charge in [-0.25, -0.2) is 4.39 Å². The summed E-state index contributed by atoms with van der Waals surface area (Å²) in [5.74, 6) is -0.773. The molecule has 2 aromatic carbocycles. The maximum absolute atomic E-state index is 14.1. The summed E-state index contributed by atoms with van der Waals surface area (Å²) >= 11 is 6.10. The average molecular weight is 531 g/mol. The summed E-state index contributed by atoms with van der Waals surface area (Å²) in [5, 5.41) is 2.87. The van der Waals surface area contributed by atoms with Crippen LogP contribution in [0.3, 0.4) is 0 Å². The fourth-order valence-corrected chi connectivity index (χ4v) is 4.74. The number of anilines is 1. The summed E-state index contributed by atoms with van der Waals surface area (Å²) < 4.78 is 35.9. The van der Waals surface area contributed by atoms with Crippen molar-refractivity contribution >= 4 is 29.1 Å².